The van der Waals surface area contributed by atoms with Crippen LogP contribution < -0.4 is 4.74 Å². The fourth-order valence-corrected chi connectivity index (χ4v) is 3.81. The van der Waals surface area contributed by atoms with E-state index in [0.717, 1.165) is 16.3 Å². The minimum absolute atomic E-state index is 0.398. The van der Waals surface area contributed by atoms with E-state index in [-0.39, 0.29) is 0 Å². The fraction of sp³-hybridized carbons (Fsp3) is 0.0455. The first-order chi connectivity index (χ1) is 14.2. The monoisotopic (exact) mass is 420 g/mol. The number of imidazole rings is 1. The van der Waals surface area contributed by atoms with Gasteiger partial charge in [0.25, 0.3) is 5.88 Å². The smallest absolute Gasteiger partial charge is 0.250 e. The van der Waals surface area contributed by atoms with Gasteiger partial charge < -0.3 is 9.30 Å². The van der Waals surface area contributed by atoms with Crippen LogP contribution in [0.2, 0.25) is 10.0 Å². The van der Waals surface area contributed by atoms with Crippen molar-refractivity contribution < 1.29 is 4.74 Å². The molecule has 0 aliphatic rings. The highest BCUT2D eigenvalue weighted by Gasteiger charge is 2.15. The van der Waals surface area contributed by atoms with Crippen LogP contribution in [0.25, 0.3) is 21.9 Å². The maximum Gasteiger partial charge on any atom is 0.250 e. The number of benzene rings is 3. The number of nitrogens with zero attached hydrogens (tertiary/aromatic N) is 4. The van der Waals surface area contributed by atoms with Crippen LogP contribution in [0.5, 0.6) is 11.6 Å². The zero-order chi connectivity index (χ0) is 19.8. The molecule has 0 N–H and O–H groups in total. The maximum absolute atomic E-state index is 6.32. The van der Waals surface area contributed by atoms with E-state index < -0.39 is 0 Å². The zero-order valence-electron chi connectivity index (χ0n) is 15.1. The second-order valence-corrected chi connectivity index (χ2v) is 7.32. The van der Waals surface area contributed by atoms with E-state index in [0.29, 0.717) is 39.4 Å². The second kappa shape index (κ2) is 7.35. The van der Waals surface area contributed by atoms with Gasteiger partial charge in [-0.3, -0.25) is 0 Å². The van der Waals surface area contributed by atoms with Gasteiger partial charge >= 0.3 is 0 Å². The summed E-state index contributed by atoms with van der Waals surface area (Å²) in [5, 5.41) is 3.29. The van der Waals surface area contributed by atoms with E-state index >= 15 is 0 Å². The van der Waals surface area contributed by atoms with Crippen molar-refractivity contribution in [1.82, 2.24) is 19.5 Å². The van der Waals surface area contributed by atoms with Gasteiger partial charge in [-0.2, -0.15) is 4.98 Å². The van der Waals surface area contributed by atoms with Crippen LogP contribution >= 0.6 is 23.2 Å². The molecule has 5 nitrogen and oxygen atoms in total. The summed E-state index contributed by atoms with van der Waals surface area (Å²) in [5.41, 5.74) is 2.03. The van der Waals surface area contributed by atoms with E-state index in [1.807, 2.05) is 65.2 Å². The van der Waals surface area contributed by atoms with Crippen molar-refractivity contribution in [3.63, 3.8) is 0 Å². The Morgan fingerprint density at radius 1 is 0.828 bits per heavy atom. The lowest BCUT2D eigenvalue weighted by atomic mass is 10.1. The predicted molar refractivity (Wildman–Crippen MR) is 115 cm³/mol. The van der Waals surface area contributed by atoms with Crippen molar-refractivity contribution in [3.8, 4) is 11.6 Å². The quantitative estimate of drug-likeness (QED) is 0.351. The molecule has 2 aromatic heterocycles. The molecule has 0 aliphatic heterocycles. The van der Waals surface area contributed by atoms with E-state index in [4.69, 9.17) is 27.9 Å². The molecule has 0 saturated heterocycles. The van der Waals surface area contributed by atoms with Gasteiger partial charge in [0.05, 0.1) is 12.9 Å². The van der Waals surface area contributed by atoms with Crippen molar-refractivity contribution in [2.24, 2.45) is 0 Å². The lowest BCUT2D eigenvalue weighted by molar-refractivity contribution is 0.472. The largest absolute Gasteiger partial charge is 0.436 e. The zero-order valence-corrected chi connectivity index (χ0v) is 16.6. The molecule has 0 atom stereocenters. The molecule has 142 valence electrons. The van der Waals surface area contributed by atoms with Gasteiger partial charge in [-0.1, -0.05) is 65.7 Å². The van der Waals surface area contributed by atoms with Gasteiger partial charge in [0.2, 0.25) is 0 Å². The molecule has 0 aliphatic carbocycles. The molecule has 0 amide bonds. The molecule has 0 saturated carbocycles. The van der Waals surface area contributed by atoms with Crippen molar-refractivity contribution in [3.05, 3.63) is 88.9 Å². The van der Waals surface area contributed by atoms with Gasteiger partial charge in [0.1, 0.15) is 12.1 Å². The van der Waals surface area contributed by atoms with Crippen LogP contribution in [0, 0.1) is 0 Å². The predicted octanol–water partition coefficient (Wildman–Crippen LogP) is 6.13. The average Bonchev–Trinajstić information content (AvgIpc) is 3.15. The summed E-state index contributed by atoms with van der Waals surface area (Å²) in [6.45, 7) is 0.444. The molecule has 7 heteroatoms. The SMILES string of the molecule is Clc1cccc(Cl)c1Cn1cnc2c(Oc3cccc4ccccc34)ncnc21. The van der Waals surface area contributed by atoms with Gasteiger partial charge in [0, 0.05) is 21.0 Å². The highest BCUT2D eigenvalue weighted by molar-refractivity contribution is 6.36. The van der Waals surface area contributed by atoms with Crippen molar-refractivity contribution in [2.45, 2.75) is 6.54 Å². The third-order valence-electron chi connectivity index (χ3n) is 4.71. The van der Waals surface area contributed by atoms with Crippen LogP contribution in [-0.2, 0) is 6.54 Å². The van der Waals surface area contributed by atoms with Crippen molar-refractivity contribution in [1.29, 1.82) is 0 Å². The summed E-state index contributed by atoms with van der Waals surface area (Å²) >= 11 is 12.6. The number of ether oxygens (including phenoxy) is 1. The molecule has 3 aromatic carbocycles. The van der Waals surface area contributed by atoms with Crippen LogP contribution in [-0.4, -0.2) is 19.5 Å². The summed E-state index contributed by atoms with van der Waals surface area (Å²) in [4.78, 5) is 13.2. The Morgan fingerprint density at radius 3 is 2.45 bits per heavy atom. The molecular formula is C22H14Cl2N4O. The van der Waals surface area contributed by atoms with Crippen LogP contribution in [0.3, 0.4) is 0 Å². The third kappa shape index (κ3) is 3.28. The highest BCUT2D eigenvalue weighted by atomic mass is 35.5. The number of hydrogen-bond donors (Lipinski definition) is 0. The number of halogens is 2. The molecule has 2 heterocycles. The summed E-state index contributed by atoms with van der Waals surface area (Å²) in [6.07, 6.45) is 3.16. The minimum Gasteiger partial charge on any atom is -0.436 e. The first-order valence-electron chi connectivity index (χ1n) is 8.95. The Labute approximate surface area is 176 Å². The number of hydrogen-bond acceptors (Lipinski definition) is 4. The number of aromatic nitrogens is 4. The van der Waals surface area contributed by atoms with Gasteiger partial charge in [-0.05, 0) is 23.6 Å². The van der Waals surface area contributed by atoms with Gasteiger partial charge in [0.15, 0.2) is 11.2 Å². The molecule has 0 bridgehead atoms. The van der Waals surface area contributed by atoms with Gasteiger partial charge in [-0.15, -0.1) is 0 Å². The Morgan fingerprint density at radius 2 is 1.59 bits per heavy atom. The average molecular weight is 421 g/mol. The Kier molecular flexibility index (Phi) is 4.54. The van der Waals surface area contributed by atoms with Crippen LogP contribution in [0.15, 0.2) is 73.3 Å². The third-order valence-corrected chi connectivity index (χ3v) is 5.42. The summed E-state index contributed by atoms with van der Waals surface area (Å²) < 4.78 is 8.01. The molecule has 0 radical (unpaired) electrons. The summed E-state index contributed by atoms with van der Waals surface area (Å²) in [6, 6.07) is 19.4. The van der Waals surface area contributed by atoms with Crippen LogP contribution in [0.1, 0.15) is 5.56 Å². The van der Waals surface area contributed by atoms with Gasteiger partial charge in [-0.25, -0.2) is 9.97 Å². The number of rotatable bonds is 4. The minimum atomic E-state index is 0.398. The molecule has 0 spiro atoms. The van der Waals surface area contributed by atoms with E-state index in [9.17, 15) is 0 Å². The van der Waals surface area contributed by atoms with Crippen molar-refractivity contribution >= 4 is 45.1 Å². The fourth-order valence-electron chi connectivity index (χ4n) is 3.29. The lowest BCUT2D eigenvalue weighted by Gasteiger charge is -2.10. The number of fused-ring (bicyclic) bond motifs is 2. The highest BCUT2D eigenvalue weighted by Crippen LogP contribution is 2.32. The van der Waals surface area contributed by atoms with Crippen LogP contribution in [0.4, 0.5) is 0 Å². The molecule has 5 rings (SSSR count). The standard InChI is InChI=1S/C22H14Cl2N4O/c23-17-8-4-9-18(24)16(17)11-28-13-27-20-21(28)25-12-26-22(20)29-19-10-3-6-14-5-1-2-7-15(14)19/h1-10,12-13H,11H2. The van der Waals surface area contributed by atoms with E-state index in [1.54, 1.807) is 6.33 Å². The molecule has 0 unspecified atom stereocenters. The molecule has 0 fully saturated rings. The Bertz CT molecular complexity index is 1320. The Hall–Kier alpha value is -3.15. The molecule has 5 aromatic rings. The first kappa shape index (κ1) is 17.9. The molecule has 29 heavy (non-hydrogen) atoms. The van der Waals surface area contributed by atoms with E-state index in [1.165, 1.54) is 6.33 Å². The lowest BCUT2D eigenvalue weighted by Crippen LogP contribution is -2.01. The second-order valence-electron chi connectivity index (χ2n) is 6.50. The van der Waals surface area contributed by atoms with E-state index in [2.05, 4.69) is 15.0 Å². The Balaban J connectivity index is 1.55. The summed E-state index contributed by atoms with van der Waals surface area (Å²) in [7, 11) is 0. The first-order valence-corrected chi connectivity index (χ1v) is 9.70. The summed E-state index contributed by atoms with van der Waals surface area (Å²) in [5.74, 6) is 1.11. The topological polar surface area (TPSA) is 52.8 Å². The maximum atomic E-state index is 6.32. The van der Waals surface area contributed by atoms with Crippen molar-refractivity contribution in [2.75, 3.05) is 0 Å². The molecular weight excluding hydrogens is 407 g/mol. The normalized spacial score (nSPS) is 11.2.